The van der Waals surface area contributed by atoms with Crippen LogP contribution in [0, 0.1) is 0 Å². The van der Waals surface area contributed by atoms with Gasteiger partial charge in [-0.1, -0.05) is 6.07 Å². The van der Waals surface area contributed by atoms with Gasteiger partial charge in [0.2, 0.25) is 0 Å². The molecule has 14 heavy (non-hydrogen) atoms. The van der Waals surface area contributed by atoms with Gasteiger partial charge in [-0.3, -0.25) is 9.20 Å². The molecule has 0 aliphatic heterocycles. The average molecular weight is 189 g/mol. The second-order valence-electron chi connectivity index (χ2n) is 3.03. The van der Waals surface area contributed by atoms with Crippen molar-refractivity contribution in [3.63, 3.8) is 0 Å². The summed E-state index contributed by atoms with van der Waals surface area (Å²) in [7, 11) is 1.75. The number of Topliss-reactive ketones (excluding diaryl/α,β-unsaturated/α-hetero) is 1. The number of hydrogen-bond acceptors (Lipinski definition) is 3. The van der Waals surface area contributed by atoms with Gasteiger partial charge in [0.05, 0.1) is 12.7 Å². The van der Waals surface area contributed by atoms with E-state index < -0.39 is 0 Å². The SMILES string of the molecule is CNCC(=O)c1cnc2ccccn12. The van der Waals surface area contributed by atoms with Gasteiger partial charge in [-0.25, -0.2) is 4.98 Å². The van der Waals surface area contributed by atoms with Crippen LogP contribution in [-0.4, -0.2) is 28.8 Å². The highest BCUT2D eigenvalue weighted by Crippen LogP contribution is 2.05. The molecule has 0 spiro atoms. The molecule has 0 bridgehead atoms. The molecule has 4 nitrogen and oxygen atoms in total. The Hall–Kier alpha value is -1.68. The Labute approximate surface area is 81.6 Å². The van der Waals surface area contributed by atoms with Crippen molar-refractivity contribution < 1.29 is 4.79 Å². The monoisotopic (exact) mass is 189 g/mol. The minimum atomic E-state index is 0.0474. The van der Waals surface area contributed by atoms with Crippen LogP contribution in [0.2, 0.25) is 0 Å². The van der Waals surface area contributed by atoms with Gasteiger partial charge in [0, 0.05) is 6.20 Å². The van der Waals surface area contributed by atoms with E-state index in [-0.39, 0.29) is 5.78 Å². The molecule has 0 atom stereocenters. The number of carbonyl (C=O) groups is 1. The molecule has 0 aliphatic carbocycles. The molecule has 1 N–H and O–H groups in total. The quantitative estimate of drug-likeness (QED) is 0.724. The van der Waals surface area contributed by atoms with Crippen molar-refractivity contribution in [1.82, 2.24) is 14.7 Å². The highest BCUT2D eigenvalue weighted by Gasteiger charge is 2.09. The number of ketones is 1. The highest BCUT2D eigenvalue weighted by atomic mass is 16.1. The van der Waals surface area contributed by atoms with Gasteiger partial charge >= 0.3 is 0 Å². The number of nitrogens with zero attached hydrogens (tertiary/aromatic N) is 2. The molecule has 4 heteroatoms. The third-order valence-electron chi connectivity index (χ3n) is 2.04. The maximum atomic E-state index is 11.6. The van der Waals surface area contributed by atoms with E-state index in [0.29, 0.717) is 12.2 Å². The summed E-state index contributed by atoms with van der Waals surface area (Å²) in [6, 6.07) is 5.65. The molecule has 0 radical (unpaired) electrons. The number of pyridine rings is 1. The van der Waals surface area contributed by atoms with Gasteiger partial charge < -0.3 is 5.32 Å². The van der Waals surface area contributed by atoms with Crippen LogP contribution < -0.4 is 5.32 Å². The van der Waals surface area contributed by atoms with Crippen molar-refractivity contribution >= 4 is 11.4 Å². The molecule has 0 amide bonds. The van der Waals surface area contributed by atoms with E-state index in [0.717, 1.165) is 5.65 Å². The lowest BCUT2D eigenvalue weighted by molar-refractivity contribution is 0.0988. The summed E-state index contributed by atoms with van der Waals surface area (Å²) < 4.78 is 1.79. The van der Waals surface area contributed by atoms with E-state index in [9.17, 15) is 4.79 Å². The smallest absolute Gasteiger partial charge is 0.194 e. The van der Waals surface area contributed by atoms with Crippen molar-refractivity contribution in [2.75, 3.05) is 13.6 Å². The predicted octanol–water partition coefficient (Wildman–Crippen LogP) is 0.736. The number of likely N-dealkylation sites (N-methyl/N-ethyl adjacent to an activating group) is 1. The Kier molecular flexibility index (Phi) is 2.28. The van der Waals surface area contributed by atoms with Crippen LogP contribution in [0.5, 0.6) is 0 Å². The molecule has 2 aromatic rings. The van der Waals surface area contributed by atoms with Crippen molar-refractivity contribution in [2.45, 2.75) is 0 Å². The highest BCUT2D eigenvalue weighted by molar-refractivity contribution is 5.96. The van der Waals surface area contributed by atoms with Crippen molar-refractivity contribution in [3.8, 4) is 0 Å². The maximum absolute atomic E-state index is 11.6. The normalized spacial score (nSPS) is 10.6. The number of nitrogens with one attached hydrogen (secondary N) is 1. The Bertz CT molecular complexity index is 461. The largest absolute Gasteiger partial charge is 0.313 e. The fourth-order valence-corrected chi connectivity index (χ4v) is 1.39. The lowest BCUT2D eigenvalue weighted by Crippen LogP contribution is -2.19. The first-order valence-corrected chi connectivity index (χ1v) is 4.43. The van der Waals surface area contributed by atoms with E-state index in [1.807, 2.05) is 24.4 Å². The first-order chi connectivity index (χ1) is 6.83. The van der Waals surface area contributed by atoms with Crippen molar-refractivity contribution in [1.29, 1.82) is 0 Å². The number of hydrogen-bond donors (Lipinski definition) is 1. The number of fused-ring (bicyclic) bond motifs is 1. The Morgan fingerprint density at radius 2 is 2.43 bits per heavy atom. The van der Waals surface area contributed by atoms with Crippen LogP contribution in [0.1, 0.15) is 10.5 Å². The predicted molar refractivity (Wildman–Crippen MR) is 53.4 cm³/mol. The molecular weight excluding hydrogens is 178 g/mol. The number of carbonyl (C=O) groups excluding carboxylic acids is 1. The summed E-state index contributed by atoms with van der Waals surface area (Å²) in [6.45, 7) is 0.336. The van der Waals surface area contributed by atoms with Gasteiger partial charge in [-0.05, 0) is 19.2 Å². The van der Waals surface area contributed by atoms with Crippen LogP contribution in [0.15, 0.2) is 30.6 Å². The third kappa shape index (κ3) is 1.40. The number of aromatic nitrogens is 2. The lowest BCUT2D eigenvalue weighted by atomic mass is 10.3. The molecule has 0 aliphatic rings. The van der Waals surface area contributed by atoms with E-state index in [4.69, 9.17) is 0 Å². The van der Waals surface area contributed by atoms with Crippen molar-refractivity contribution in [3.05, 3.63) is 36.3 Å². The molecule has 2 rings (SSSR count). The van der Waals surface area contributed by atoms with E-state index in [1.165, 1.54) is 0 Å². The van der Waals surface area contributed by atoms with Crippen LogP contribution in [-0.2, 0) is 0 Å². The van der Waals surface area contributed by atoms with Crippen LogP contribution in [0.3, 0.4) is 0 Å². The molecule has 0 aromatic carbocycles. The zero-order valence-corrected chi connectivity index (χ0v) is 7.90. The van der Waals surface area contributed by atoms with Crippen LogP contribution in [0.4, 0.5) is 0 Å². The molecule has 0 fully saturated rings. The summed E-state index contributed by atoms with van der Waals surface area (Å²) in [4.78, 5) is 15.7. The Morgan fingerprint density at radius 1 is 1.57 bits per heavy atom. The second-order valence-corrected chi connectivity index (χ2v) is 3.03. The fourth-order valence-electron chi connectivity index (χ4n) is 1.39. The van der Waals surface area contributed by atoms with Crippen LogP contribution in [0.25, 0.3) is 5.65 Å². The lowest BCUT2D eigenvalue weighted by Gasteiger charge is -1.99. The molecule has 72 valence electrons. The first-order valence-electron chi connectivity index (χ1n) is 4.43. The first kappa shape index (κ1) is 8.90. The third-order valence-corrected chi connectivity index (χ3v) is 2.04. The van der Waals surface area contributed by atoms with Gasteiger partial charge in [-0.15, -0.1) is 0 Å². The molecule has 0 saturated carbocycles. The van der Waals surface area contributed by atoms with Gasteiger partial charge in [0.25, 0.3) is 0 Å². The summed E-state index contributed by atoms with van der Waals surface area (Å²) in [5.74, 6) is 0.0474. The summed E-state index contributed by atoms with van der Waals surface area (Å²) >= 11 is 0. The van der Waals surface area contributed by atoms with Gasteiger partial charge in [0.1, 0.15) is 11.3 Å². The fraction of sp³-hybridized carbons (Fsp3) is 0.200. The standard InChI is InChI=1S/C10H11N3O/c1-11-7-9(14)8-6-12-10-4-2-3-5-13(8)10/h2-6,11H,7H2,1H3. The van der Waals surface area contributed by atoms with Crippen LogP contribution >= 0.6 is 0 Å². The zero-order valence-electron chi connectivity index (χ0n) is 7.90. The minimum Gasteiger partial charge on any atom is -0.313 e. The van der Waals surface area contributed by atoms with Gasteiger partial charge in [-0.2, -0.15) is 0 Å². The number of imidazole rings is 1. The topological polar surface area (TPSA) is 46.4 Å². The van der Waals surface area contributed by atoms with E-state index in [2.05, 4.69) is 10.3 Å². The molecule has 0 saturated heterocycles. The molecule has 2 heterocycles. The Balaban J connectivity index is 2.47. The summed E-state index contributed by atoms with van der Waals surface area (Å²) in [5.41, 5.74) is 1.42. The van der Waals surface area contributed by atoms with E-state index in [1.54, 1.807) is 17.6 Å². The van der Waals surface area contributed by atoms with E-state index >= 15 is 0 Å². The molecule has 0 unspecified atom stereocenters. The zero-order chi connectivity index (χ0) is 9.97. The van der Waals surface area contributed by atoms with Gasteiger partial charge in [0.15, 0.2) is 5.78 Å². The molecule has 2 aromatic heterocycles. The average Bonchev–Trinajstić information content (AvgIpc) is 2.61. The maximum Gasteiger partial charge on any atom is 0.194 e. The minimum absolute atomic E-state index is 0.0474. The second kappa shape index (κ2) is 3.59. The number of rotatable bonds is 3. The van der Waals surface area contributed by atoms with Crippen molar-refractivity contribution in [2.24, 2.45) is 0 Å². The summed E-state index contributed by atoms with van der Waals surface area (Å²) in [6.07, 6.45) is 3.44. The summed E-state index contributed by atoms with van der Waals surface area (Å²) in [5, 5.41) is 2.83. The molecular formula is C10H11N3O. The Morgan fingerprint density at radius 3 is 3.21 bits per heavy atom.